The van der Waals surface area contributed by atoms with Gasteiger partial charge in [0, 0.05) is 32.7 Å². The highest BCUT2D eigenvalue weighted by molar-refractivity contribution is 5.73. The monoisotopic (exact) mass is 276 g/mol. The van der Waals surface area contributed by atoms with Crippen LogP contribution in [-0.2, 0) is 11.2 Å². The van der Waals surface area contributed by atoms with Crippen LogP contribution >= 0.6 is 0 Å². The Labute approximate surface area is 121 Å². The smallest absolute Gasteiger partial charge is 0.320 e. The number of carboxylic acids is 1. The van der Waals surface area contributed by atoms with Crippen LogP contribution in [0, 0.1) is 0 Å². The molecule has 1 N–H and O–H groups in total. The number of hydrogen-bond donors (Lipinski definition) is 1. The molecule has 1 saturated heterocycles. The third kappa shape index (κ3) is 4.05. The van der Waals surface area contributed by atoms with E-state index in [0.29, 0.717) is 6.42 Å². The molecule has 4 heteroatoms. The van der Waals surface area contributed by atoms with Crippen LogP contribution in [0.25, 0.3) is 0 Å². The Morgan fingerprint density at radius 2 is 1.85 bits per heavy atom. The zero-order valence-electron chi connectivity index (χ0n) is 12.2. The Hall–Kier alpha value is -1.39. The van der Waals surface area contributed by atoms with Crippen molar-refractivity contribution in [2.24, 2.45) is 0 Å². The summed E-state index contributed by atoms with van der Waals surface area (Å²) in [5.74, 6) is -0.690. The largest absolute Gasteiger partial charge is 0.480 e. The van der Waals surface area contributed by atoms with Gasteiger partial charge in [-0.05, 0) is 18.4 Å². The van der Waals surface area contributed by atoms with Gasteiger partial charge < -0.3 is 10.0 Å². The van der Waals surface area contributed by atoms with Crippen LogP contribution in [0.5, 0.6) is 0 Å². The van der Waals surface area contributed by atoms with Crippen LogP contribution in [0.3, 0.4) is 0 Å². The summed E-state index contributed by atoms with van der Waals surface area (Å²) in [6.07, 6.45) is 1.75. The van der Waals surface area contributed by atoms with Crippen molar-refractivity contribution in [3.05, 3.63) is 35.9 Å². The topological polar surface area (TPSA) is 43.8 Å². The number of piperazine rings is 1. The van der Waals surface area contributed by atoms with Gasteiger partial charge in [-0.25, -0.2) is 0 Å². The highest BCUT2D eigenvalue weighted by Crippen LogP contribution is 2.10. The number of rotatable bonds is 6. The van der Waals surface area contributed by atoms with Crippen molar-refractivity contribution >= 4 is 5.97 Å². The average Bonchev–Trinajstić information content (AvgIpc) is 2.48. The van der Waals surface area contributed by atoms with E-state index in [1.54, 1.807) is 0 Å². The number of hydrogen-bond acceptors (Lipinski definition) is 3. The van der Waals surface area contributed by atoms with E-state index in [1.165, 1.54) is 5.56 Å². The second kappa shape index (κ2) is 7.41. The molecular formula is C16H24N2O2. The van der Waals surface area contributed by atoms with Crippen LogP contribution in [0.4, 0.5) is 0 Å². The Kier molecular flexibility index (Phi) is 5.56. The molecule has 2 rings (SSSR count). The number of benzene rings is 1. The van der Waals surface area contributed by atoms with Gasteiger partial charge in [-0.1, -0.05) is 37.3 Å². The molecule has 0 amide bonds. The molecule has 1 unspecified atom stereocenters. The Balaban J connectivity index is 1.75. The first-order valence-corrected chi connectivity index (χ1v) is 7.44. The third-order valence-corrected chi connectivity index (χ3v) is 4.08. The van der Waals surface area contributed by atoms with Gasteiger partial charge >= 0.3 is 5.97 Å². The maximum atomic E-state index is 11.2. The van der Waals surface area contributed by atoms with Crippen LogP contribution in [0.15, 0.2) is 30.3 Å². The lowest BCUT2D eigenvalue weighted by Crippen LogP contribution is -2.52. The second-order valence-corrected chi connectivity index (χ2v) is 5.38. The minimum atomic E-state index is -0.690. The second-order valence-electron chi connectivity index (χ2n) is 5.38. The summed E-state index contributed by atoms with van der Waals surface area (Å²) in [5.41, 5.74) is 1.37. The van der Waals surface area contributed by atoms with E-state index in [9.17, 15) is 9.90 Å². The van der Waals surface area contributed by atoms with Gasteiger partial charge in [-0.15, -0.1) is 0 Å². The van der Waals surface area contributed by atoms with Gasteiger partial charge in [0.1, 0.15) is 6.04 Å². The molecule has 0 aliphatic carbocycles. The van der Waals surface area contributed by atoms with Crippen molar-refractivity contribution in [3.8, 4) is 0 Å². The van der Waals surface area contributed by atoms with E-state index in [-0.39, 0.29) is 6.04 Å². The van der Waals surface area contributed by atoms with Crippen molar-refractivity contribution in [3.63, 3.8) is 0 Å². The maximum absolute atomic E-state index is 11.2. The Bertz CT molecular complexity index is 414. The van der Waals surface area contributed by atoms with Crippen LogP contribution in [0.1, 0.15) is 18.9 Å². The Morgan fingerprint density at radius 3 is 2.40 bits per heavy atom. The lowest BCUT2D eigenvalue weighted by Gasteiger charge is -2.37. The summed E-state index contributed by atoms with van der Waals surface area (Å²) in [6.45, 7) is 6.66. The maximum Gasteiger partial charge on any atom is 0.320 e. The summed E-state index contributed by atoms with van der Waals surface area (Å²) in [5, 5.41) is 9.19. The van der Waals surface area contributed by atoms with Crippen LogP contribution in [-0.4, -0.2) is 59.6 Å². The van der Waals surface area contributed by atoms with Crippen molar-refractivity contribution in [2.45, 2.75) is 25.8 Å². The molecule has 0 aromatic heterocycles. The molecular weight excluding hydrogens is 252 g/mol. The molecule has 0 saturated carbocycles. The first-order valence-electron chi connectivity index (χ1n) is 7.44. The molecule has 4 nitrogen and oxygen atoms in total. The zero-order chi connectivity index (χ0) is 14.4. The Morgan fingerprint density at radius 1 is 1.20 bits per heavy atom. The van der Waals surface area contributed by atoms with Crippen LogP contribution in [0.2, 0.25) is 0 Å². The van der Waals surface area contributed by atoms with Gasteiger partial charge in [0.25, 0.3) is 0 Å². The third-order valence-electron chi connectivity index (χ3n) is 4.08. The number of carboxylic acid groups (broad SMARTS) is 1. The van der Waals surface area contributed by atoms with Crippen molar-refractivity contribution in [2.75, 3.05) is 32.7 Å². The van der Waals surface area contributed by atoms with E-state index >= 15 is 0 Å². The van der Waals surface area contributed by atoms with Crippen molar-refractivity contribution < 1.29 is 9.90 Å². The van der Waals surface area contributed by atoms with E-state index < -0.39 is 5.97 Å². The van der Waals surface area contributed by atoms with E-state index in [0.717, 1.165) is 39.1 Å². The van der Waals surface area contributed by atoms with Gasteiger partial charge in [-0.2, -0.15) is 0 Å². The fraction of sp³-hybridized carbons (Fsp3) is 0.562. The predicted octanol–water partition coefficient (Wildman–Crippen LogP) is 1.71. The minimum absolute atomic E-state index is 0.314. The van der Waals surface area contributed by atoms with Gasteiger partial charge in [0.05, 0.1) is 0 Å². The van der Waals surface area contributed by atoms with E-state index in [1.807, 2.05) is 13.0 Å². The van der Waals surface area contributed by atoms with Crippen molar-refractivity contribution in [1.29, 1.82) is 0 Å². The number of nitrogens with zero attached hydrogens (tertiary/aromatic N) is 2. The quantitative estimate of drug-likeness (QED) is 0.859. The fourth-order valence-corrected chi connectivity index (χ4v) is 2.82. The van der Waals surface area contributed by atoms with Gasteiger partial charge in [-0.3, -0.25) is 9.69 Å². The highest BCUT2D eigenvalue weighted by Gasteiger charge is 2.26. The molecule has 20 heavy (non-hydrogen) atoms. The van der Waals surface area contributed by atoms with Crippen molar-refractivity contribution in [1.82, 2.24) is 9.80 Å². The highest BCUT2D eigenvalue weighted by atomic mass is 16.4. The molecule has 0 radical (unpaired) electrons. The van der Waals surface area contributed by atoms with E-state index in [2.05, 4.69) is 34.1 Å². The number of carbonyl (C=O) groups is 1. The van der Waals surface area contributed by atoms with Crippen LogP contribution < -0.4 is 0 Å². The zero-order valence-corrected chi connectivity index (χ0v) is 12.2. The summed E-state index contributed by atoms with van der Waals surface area (Å²) in [7, 11) is 0. The minimum Gasteiger partial charge on any atom is -0.480 e. The fourth-order valence-electron chi connectivity index (χ4n) is 2.82. The number of aliphatic carboxylic acids is 1. The lowest BCUT2D eigenvalue weighted by atomic mass is 10.1. The molecule has 0 bridgehead atoms. The van der Waals surface area contributed by atoms with Gasteiger partial charge in [0.2, 0.25) is 0 Å². The molecule has 1 fully saturated rings. The van der Waals surface area contributed by atoms with E-state index in [4.69, 9.17) is 0 Å². The molecule has 1 aliphatic rings. The molecule has 0 spiro atoms. The molecule has 110 valence electrons. The SMILES string of the molecule is CCC(C(=O)O)N1CCN(CCc2ccccc2)CC1. The predicted molar refractivity (Wildman–Crippen MR) is 79.9 cm³/mol. The summed E-state index contributed by atoms with van der Waals surface area (Å²) >= 11 is 0. The average molecular weight is 276 g/mol. The summed E-state index contributed by atoms with van der Waals surface area (Å²) < 4.78 is 0. The summed E-state index contributed by atoms with van der Waals surface area (Å²) in [6, 6.07) is 10.2. The standard InChI is InChI=1S/C16H24N2O2/c1-2-15(16(19)20)18-12-10-17(11-13-18)9-8-14-6-4-3-5-7-14/h3-7,15H,2,8-13H2,1H3,(H,19,20). The molecule has 1 aromatic carbocycles. The first-order chi connectivity index (χ1) is 9.70. The normalized spacial score (nSPS) is 18.9. The lowest BCUT2D eigenvalue weighted by molar-refractivity contribution is -0.144. The first kappa shape index (κ1) is 15.0. The molecule has 1 heterocycles. The summed E-state index contributed by atoms with van der Waals surface area (Å²) in [4.78, 5) is 15.7. The van der Waals surface area contributed by atoms with Gasteiger partial charge in [0.15, 0.2) is 0 Å². The molecule has 1 aliphatic heterocycles. The molecule has 1 atom stereocenters. The molecule has 1 aromatic rings.